The van der Waals surface area contributed by atoms with E-state index in [9.17, 15) is 19.3 Å². The van der Waals surface area contributed by atoms with Gasteiger partial charge in [0.25, 0.3) is 5.85 Å². The summed E-state index contributed by atoms with van der Waals surface area (Å²) in [7, 11) is -5.00. The highest BCUT2D eigenvalue weighted by Crippen LogP contribution is 2.54. The SMILES string of the molecule is CCOC1N=C(N)Nc2c1ncn2[C@@H]1O[C@](F)(COP(=O)(OCOC(=O)OC(C)C)OCOC(=O)OC(C)C)[C@@H](F)[C@@]1(C)O. The van der Waals surface area contributed by atoms with Crippen LogP contribution < -0.4 is 11.1 Å². The predicted molar refractivity (Wildman–Crippen MR) is 142 cm³/mol. The van der Waals surface area contributed by atoms with Gasteiger partial charge in [-0.25, -0.2) is 42.0 Å². The number of hydrogen-bond acceptors (Lipinski definition) is 17. The van der Waals surface area contributed by atoms with E-state index in [1.807, 2.05) is 0 Å². The van der Waals surface area contributed by atoms with Crippen LogP contribution in [0, 0.1) is 0 Å². The van der Waals surface area contributed by atoms with Gasteiger partial charge in [0, 0.05) is 6.61 Å². The maximum absolute atomic E-state index is 16.0. The molecule has 1 saturated heterocycles. The molecule has 0 amide bonds. The van der Waals surface area contributed by atoms with Crippen molar-refractivity contribution in [3.63, 3.8) is 0 Å². The van der Waals surface area contributed by atoms with Gasteiger partial charge in [0.15, 0.2) is 24.6 Å². The molecule has 1 aromatic rings. The van der Waals surface area contributed by atoms with E-state index in [4.69, 9.17) is 38.3 Å². The lowest BCUT2D eigenvalue weighted by atomic mass is 9.96. The number of carbonyl (C=O) groups excluding carboxylic acids is 2. The molecule has 2 aliphatic heterocycles. The minimum Gasteiger partial charge on any atom is -0.432 e. The standard InChI is InChI=1S/C23H36F2N5O13P/c1-7-35-16-14-15(28-19(26)29-16)30(9-27-14)18-22(6,33)17(24)23(25,43-18)8-38-44(34,39-10-36-20(31)41-12(2)3)40-11-37-21(32)42-13(4)5/h9,12-13,16-18,33H,7-8,10-11H2,1-6H3,(H3,26,28,29)/t16?,17-,18+,22+,23+/m0/s1. The highest BCUT2D eigenvalue weighted by Gasteiger charge is 2.65. The number of rotatable bonds is 14. The second-order valence-electron chi connectivity index (χ2n) is 10.0. The number of nitrogens with zero attached hydrogens (tertiary/aromatic N) is 3. The largest absolute Gasteiger partial charge is 0.510 e. The summed E-state index contributed by atoms with van der Waals surface area (Å²) in [4.78, 5) is 31.5. The van der Waals surface area contributed by atoms with Crippen molar-refractivity contribution in [3.8, 4) is 0 Å². The molecule has 44 heavy (non-hydrogen) atoms. The summed E-state index contributed by atoms with van der Waals surface area (Å²) >= 11 is 0. The van der Waals surface area contributed by atoms with Crippen LogP contribution in [0.2, 0.25) is 0 Å². The molecule has 0 spiro atoms. The second kappa shape index (κ2) is 14.3. The number of hydrogen-bond donors (Lipinski definition) is 3. The van der Waals surface area contributed by atoms with Gasteiger partial charge in [-0.2, -0.15) is 0 Å². The Morgan fingerprint density at radius 2 is 1.73 bits per heavy atom. The molecule has 5 atom stereocenters. The first kappa shape index (κ1) is 35.4. The van der Waals surface area contributed by atoms with Gasteiger partial charge in [-0.05, 0) is 41.5 Å². The van der Waals surface area contributed by atoms with Gasteiger partial charge in [0.1, 0.15) is 23.7 Å². The number of guanidine groups is 1. The number of anilines is 1. The first-order valence-electron chi connectivity index (χ1n) is 13.2. The first-order valence-corrected chi connectivity index (χ1v) is 14.7. The van der Waals surface area contributed by atoms with Gasteiger partial charge < -0.3 is 44.6 Å². The molecular weight excluding hydrogens is 623 g/mol. The number of phosphoric ester groups is 1. The maximum atomic E-state index is 16.0. The fourth-order valence-corrected chi connectivity index (χ4v) is 4.78. The molecule has 0 aromatic carbocycles. The fraction of sp³-hybridized carbons (Fsp3) is 0.739. The molecule has 0 saturated carbocycles. The molecule has 1 fully saturated rings. The van der Waals surface area contributed by atoms with E-state index >= 15 is 8.78 Å². The monoisotopic (exact) mass is 659 g/mol. The molecule has 250 valence electrons. The minimum atomic E-state index is -5.00. The molecule has 18 nitrogen and oxygen atoms in total. The van der Waals surface area contributed by atoms with Crippen LogP contribution in [0.25, 0.3) is 0 Å². The third-order valence-electron chi connectivity index (χ3n) is 5.69. The van der Waals surface area contributed by atoms with Crippen LogP contribution >= 0.6 is 7.82 Å². The molecule has 0 radical (unpaired) electrons. The zero-order valence-corrected chi connectivity index (χ0v) is 25.7. The van der Waals surface area contributed by atoms with Crippen molar-refractivity contribution in [3.05, 3.63) is 12.0 Å². The van der Waals surface area contributed by atoms with Crippen molar-refractivity contribution in [2.45, 2.75) is 83.8 Å². The van der Waals surface area contributed by atoms with Crippen LogP contribution in [0.15, 0.2) is 11.3 Å². The molecule has 3 heterocycles. The third-order valence-corrected chi connectivity index (χ3v) is 6.98. The Labute approximate surface area is 250 Å². The zero-order valence-electron chi connectivity index (χ0n) is 24.8. The quantitative estimate of drug-likeness (QED) is 0.148. The Hall–Kier alpha value is -3.13. The summed E-state index contributed by atoms with van der Waals surface area (Å²) in [6, 6.07) is 0. The molecule has 3 rings (SSSR count). The first-order chi connectivity index (χ1) is 20.5. The predicted octanol–water partition coefficient (Wildman–Crippen LogP) is 3.14. The average molecular weight is 660 g/mol. The molecule has 1 aromatic heterocycles. The highest BCUT2D eigenvalue weighted by molar-refractivity contribution is 7.48. The van der Waals surface area contributed by atoms with Crippen molar-refractivity contribution in [1.82, 2.24) is 9.55 Å². The lowest BCUT2D eigenvalue weighted by molar-refractivity contribution is -0.196. The molecule has 4 N–H and O–H groups in total. The van der Waals surface area contributed by atoms with Gasteiger partial charge >= 0.3 is 20.1 Å². The summed E-state index contributed by atoms with van der Waals surface area (Å²) in [5, 5.41) is 13.7. The van der Waals surface area contributed by atoms with Crippen LogP contribution in [0.4, 0.5) is 24.2 Å². The Kier molecular flexibility index (Phi) is 11.5. The number of nitrogens with two attached hydrogens (primary N) is 1. The van der Waals surface area contributed by atoms with Crippen LogP contribution in [0.5, 0.6) is 0 Å². The van der Waals surface area contributed by atoms with Crippen molar-refractivity contribution >= 4 is 31.9 Å². The van der Waals surface area contributed by atoms with Crippen molar-refractivity contribution < 1.29 is 70.0 Å². The number of aliphatic imine (C=N–C) groups is 1. The Morgan fingerprint density at radius 1 is 1.16 bits per heavy atom. The molecule has 1 unspecified atom stereocenters. The van der Waals surface area contributed by atoms with E-state index in [1.54, 1.807) is 6.92 Å². The maximum Gasteiger partial charge on any atom is 0.510 e. The molecule has 21 heteroatoms. The summed E-state index contributed by atoms with van der Waals surface area (Å²) in [5.74, 6) is -3.50. The summed E-state index contributed by atoms with van der Waals surface area (Å²) in [5.41, 5.74) is 3.44. The summed E-state index contributed by atoms with van der Waals surface area (Å²) in [6.45, 7) is 5.30. The lowest BCUT2D eigenvalue weighted by Gasteiger charge is -2.28. The van der Waals surface area contributed by atoms with E-state index in [0.29, 0.717) is 0 Å². The van der Waals surface area contributed by atoms with E-state index in [0.717, 1.165) is 17.8 Å². The van der Waals surface area contributed by atoms with Crippen LogP contribution in [0.1, 0.15) is 59.7 Å². The number of alkyl halides is 2. The lowest BCUT2D eigenvalue weighted by Crippen LogP contribution is -2.46. The number of carbonyl (C=O) groups is 2. The number of fused-ring (bicyclic) bond motifs is 1. The van der Waals surface area contributed by atoms with E-state index < -0.39 is 82.6 Å². The fourth-order valence-electron chi connectivity index (χ4n) is 3.86. The number of aromatic nitrogens is 2. The third kappa shape index (κ3) is 8.52. The van der Waals surface area contributed by atoms with Gasteiger partial charge in [-0.15, -0.1) is 0 Å². The summed E-state index contributed by atoms with van der Waals surface area (Å²) < 4.78 is 89.9. The Balaban J connectivity index is 1.76. The van der Waals surface area contributed by atoms with E-state index in [1.165, 1.54) is 27.7 Å². The van der Waals surface area contributed by atoms with Gasteiger partial charge in [0.05, 0.1) is 18.5 Å². The van der Waals surface area contributed by atoms with Gasteiger partial charge in [0.2, 0.25) is 13.6 Å². The topological polar surface area (TPSA) is 223 Å². The van der Waals surface area contributed by atoms with Crippen LogP contribution in [-0.2, 0) is 46.6 Å². The molecule has 2 aliphatic rings. The van der Waals surface area contributed by atoms with Gasteiger partial charge in [-0.3, -0.25) is 9.09 Å². The zero-order chi connectivity index (χ0) is 32.9. The average Bonchev–Trinajstić information content (AvgIpc) is 3.39. The molecule has 0 bridgehead atoms. The normalized spacial score (nSPS) is 26.6. The minimum absolute atomic E-state index is 0.0757. The smallest absolute Gasteiger partial charge is 0.432 e. The number of aliphatic hydroxyl groups is 1. The summed E-state index contributed by atoms with van der Waals surface area (Å²) in [6.07, 6.45) is -8.01. The number of halogens is 2. The van der Waals surface area contributed by atoms with E-state index in [-0.39, 0.29) is 24.1 Å². The van der Waals surface area contributed by atoms with Gasteiger partial charge in [-0.1, -0.05) is 0 Å². The molecule has 0 aliphatic carbocycles. The van der Waals surface area contributed by atoms with Crippen molar-refractivity contribution in [2.24, 2.45) is 10.7 Å². The van der Waals surface area contributed by atoms with Crippen molar-refractivity contribution in [2.75, 3.05) is 32.1 Å². The number of ether oxygens (including phenoxy) is 6. The Morgan fingerprint density at radius 3 is 2.25 bits per heavy atom. The van der Waals surface area contributed by atoms with Crippen molar-refractivity contribution in [1.29, 1.82) is 0 Å². The second-order valence-corrected chi connectivity index (χ2v) is 11.7. The van der Waals surface area contributed by atoms with Crippen LogP contribution in [0.3, 0.4) is 0 Å². The number of nitrogens with one attached hydrogen (secondary N) is 1. The molecular formula is C23H36F2N5O13P. The number of phosphoric acid groups is 1. The number of imidazole rings is 1. The van der Waals surface area contributed by atoms with E-state index in [2.05, 4.69) is 24.8 Å². The Bertz CT molecular complexity index is 1220. The van der Waals surface area contributed by atoms with Crippen LogP contribution in [-0.4, -0.2) is 89.6 Å². The highest BCUT2D eigenvalue weighted by atomic mass is 31.2.